The van der Waals surface area contributed by atoms with Crippen molar-refractivity contribution in [1.82, 2.24) is 15.3 Å². The molecule has 0 bridgehead atoms. The van der Waals surface area contributed by atoms with Crippen molar-refractivity contribution < 1.29 is 4.74 Å². The summed E-state index contributed by atoms with van der Waals surface area (Å²) in [6, 6.07) is 6.49. The monoisotopic (exact) mass is 285 g/mol. The molecule has 0 aliphatic carbocycles. The predicted molar refractivity (Wildman–Crippen MR) is 84.8 cm³/mol. The maximum Gasteiger partial charge on any atom is 0.322 e. The smallest absolute Gasteiger partial charge is 0.322 e. The summed E-state index contributed by atoms with van der Waals surface area (Å²) in [5.74, 6) is 0.781. The summed E-state index contributed by atoms with van der Waals surface area (Å²) in [6.07, 6.45) is 2.96. The lowest BCUT2D eigenvalue weighted by atomic mass is 10.1. The van der Waals surface area contributed by atoms with Crippen LogP contribution in [0.5, 0.6) is 11.8 Å². The molecule has 0 radical (unpaired) electrons. The molecule has 0 unspecified atom stereocenters. The molecular weight excluding hydrogens is 262 g/mol. The van der Waals surface area contributed by atoms with Gasteiger partial charge in [0, 0.05) is 24.0 Å². The summed E-state index contributed by atoms with van der Waals surface area (Å²) in [5.41, 5.74) is 4.40. The Kier molecular flexibility index (Phi) is 5.28. The number of hydrogen-bond donors (Lipinski definition) is 1. The third kappa shape index (κ3) is 4.53. The lowest BCUT2D eigenvalue weighted by molar-refractivity contribution is 0.438. The van der Waals surface area contributed by atoms with Gasteiger partial charge in [-0.1, -0.05) is 13.0 Å². The Labute approximate surface area is 126 Å². The Balaban J connectivity index is 2.09. The number of benzene rings is 1. The quantitative estimate of drug-likeness (QED) is 0.822. The van der Waals surface area contributed by atoms with E-state index in [0.29, 0.717) is 6.01 Å². The minimum Gasteiger partial charge on any atom is -0.424 e. The molecule has 0 aliphatic heterocycles. The fourth-order valence-electron chi connectivity index (χ4n) is 2.19. The average molecular weight is 285 g/mol. The molecule has 0 aliphatic rings. The van der Waals surface area contributed by atoms with Crippen molar-refractivity contribution in [3.05, 3.63) is 46.8 Å². The van der Waals surface area contributed by atoms with Crippen LogP contribution in [0.1, 0.15) is 35.7 Å². The number of aromatic nitrogens is 2. The van der Waals surface area contributed by atoms with Crippen LogP contribution in [0.15, 0.2) is 24.4 Å². The van der Waals surface area contributed by atoms with Gasteiger partial charge in [-0.05, 0) is 57.0 Å². The first-order valence-corrected chi connectivity index (χ1v) is 7.38. The lowest BCUT2D eigenvalue weighted by Gasteiger charge is -2.09. The fraction of sp³-hybridized carbons (Fsp3) is 0.412. The standard InChI is InChI=1S/C17H23N3O/c1-5-6-18-10-15-11-19-17(20-14(15)4)21-16-8-12(2)7-13(3)9-16/h7-9,11,18H,5-6,10H2,1-4H3. The number of rotatable bonds is 6. The molecular formula is C17H23N3O. The van der Waals surface area contributed by atoms with E-state index in [-0.39, 0.29) is 0 Å². The highest BCUT2D eigenvalue weighted by atomic mass is 16.5. The molecule has 0 fully saturated rings. The van der Waals surface area contributed by atoms with Crippen molar-refractivity contribution in [1.29, 1.82) is 0 Å². The van der Waals surface area contributed by atoms with Crippen molar-refractivity contribution in [2.45, 2.75) is 40.7 Å². The first-order valence-electron chi connectivity index (χ1n) is 7.38. The van der Waals surface area contributed by atoms with Gasteiger partial charge in [-0.2, -0.15) is 4.98 Å². The van der Waals surface area contributed by atoms with Crippen molar-refractivity contribution in [3.63, 3.8) is 0 Å². The summed E-state index contributed by atoms with van der Waals surface area (Å²) in [7, 11) is 0. The number of nitrogens with zero attached hydrogens (tertiary/aromatic N) is 2. The van der Waals surface area contributed by atoms with Crippen LogP contribution in [-0.2, 0) is 6.54 Å². The average Bonchev–Trinajstić information content (AvgIpc) is 2.40. The molecule has 2 rings (SSSR count). The van der Waals surface area contributed by atoms with E-state index >= 15 is 0 Å². The van der Waals surface area contributed by atoms with Crippen LogP contribution < -0.4 is 10.1 Å². The largest absolute Gasteiger partial charge is 0.424 e. The summed E-state index contributed by atoms with van der Waals surface area (Å²) in [6.45, 7) is 10.0. The first-order chi connectivity index (χ1) is 10.1. The highest BCUT2D eigenvalue weighted by molar-refractivity contribution is 5.34. The van der Waals surface area contributed by atoms with Crippen LogP contribution in [0.2, 0.25) is 0 Å². The van der Waals surface area contributed by atoms with Crippen molar-refractivity contribution >= 4 is 0 Å². The Morgan fingerprint density at radius 2 is 1.81 bits per heavy atom. The number of ether oxygens (including phenoxy) is 1. The van der Waals surface area contributed by atoms with Crippen molar-refractivity contribution in [2.24, 2.45) is 0 Å². The van der Waals surface area contributed by atoms with Crippen LogP contribution >= 0.6 is 0 Å². The maximum atomic E-state index is 5.76. The van der Waals surface area contributed by atoms with Crippen LogP contribution in [0.4, 0.5) is 0 Å². The van der Waals surface area contributed by atoms with Crippen LogP contribution in [-0.4, -0.2) is 16.5 Å². The lowest BCUT2D eigenvalue weighted by Crippen LogP contribution is -2.15. The SMILES string of the molecule is CCCNCc1cnc(Oc2cc(C)cc(C)c2)nc1C. The minimum atomic E-state index is 0.400. The molecule has 0 amide bonds. The molecule has 0 spiro atoms. The molecule has 4 nitrogen and oxygen atoms in total. The zero-order valence-corrected chi connectivity index (χ0v) is 13.2. The molecule has 0 atom stereocenters. The van der Waals surface area contributed by atoms with Gasteiger partial charge in [0.1, 0.15) is 5.75 Å². The third-order valence-corrected chi connectivity index (χ3v) is 3.21. The summed E-state index contributed by atoms with van der Waals surface area (Å²) in [5, 5.41) is 3.36. The Morgan fingerprint density at radius 1 is 1.10 bits per heavy atom. The zero-order chi connectivity index (χ0) is 15.2. The van der Waals surface area contributed by atoms with Gasteiger partial charge in [0.2, 0.25) is 0 Å². The van der Waals surface area contributed by atoms with Gasteiger partial charge in [0.25, 0.3) is 0 Å². The van der Waals surface area contributed by atoms with E-state index in [4.69, 9.17) is 4.74 Å². The summed E-state index contributed by atoms with van der Waals surface area (Å²) in [4.78, 5) is 8.73. The van der Waals surface area contributed by atoms with E-state index in [1.807, 2.05) is 25.3 Å². The Bertz CT molecular complexity index is 591. The van der Waals surface area contributed by atoms with Gasteiger partial charge >= 0.3 is 6.01 Å². The third-order valence-electron chi connectivity index (χ3n) is 3.21. The van der Waals surface area contributed by atoms with Gasteiger partial charge < -0.3 is 10.1 Å². The van der Waals surface area contributed by atoms with E-state index < -0.39 is 0 Å². The molecule has 0 saturated carbocycles. The second-order valence-corrected chi connectivity index (χ2v) is 5.37. The van der Waals surface area contributed by atoms with Crippen molar-refractivity contribution in [3.8, 4) is 11.8 Å². The number of hydrogen-bond acceptors (Lipinski definition) is 4. The molecule has 2 aromatic rings. The minimum absolute atomic E-state index is 0.400. The molecule has 1 aromatic carbocycles. The predicted octanol–water partition coefficient (Wildman–Crippen LogP) is 3.69. The molecule has 112 valence electrons. The first kappa shape index (κ1) is 15.4. The number of aryl methyl sites for hydroxylation is 3. The number of nitrogens with one attached hydrogen (secondary N) is 1. The maximum absolute atomic E-state index is 5.76. The van der Waals surface area contributed by atoms with E-state index in [2.05, 4.69) is 42.1 Å². The second kappa shape index (κ2) is 7.18. The van der Waals surface area contributed by atoms with E-state index in [1.54, 1.807) is 0 Å². The van der Waals surface area contributed by atoms with Crippen LogP contribution in [0, 0.1) is 20.8 Å². The van der Waals surface area contributed by atoms with Gasteiger partial charge in [-0.15, -0.1) is 0 Å². The van der Waals surface area contributed by atoms with E-state index in [1.165, 1.54) is 11.1 Å². The normalized spacial score (nSPS) is 10.7. The van der Waals surface area contributed by atoms with Crippen LogP contribution in [0.3, 0.4) is 0 Å². The van der Waals surface area contributed by atoms with Crippen LogP contribution in [0.25, 0.3) is 0 Å². The molecule has 1 aromatic heterocycles. The van der Waals surface area contributed by atoms with Gasteiger partial charge in [-0.25, -0.2) is 4.98 Å². The molecule has 4 heteroatoms. The Morgan fingerprint density at radius 3 is 2.43 bits per heavy atom. The van der Waals surface area contributed by atoms with E-state index in [9.17, 15) is 0 Å². The zero-order valence-electron chi connectivity index (χ0n) is 13.2. The fourth-order valence-corrected chi connectivity index (χ4v) is 2.19. The topological polar surface area (TPSA) is 47.0 Å². The summed E-state index contributed by atoms with van der Waals surface area (Å²) >= 11 is 0. The molecule has 21 heavy (non-hydrogen) atoms. The van der Waals surface area contributed by atoms with Gasteiger partial charge in [0.05, 0.1) is 0 Å². The van der Waals surface area contributed by atoms with Gasteiger partial charge in [-0.3, -0.25) is 0 Å². The molecule has 1 N–H and O–H groups in total. The highest BCUT2D eigenvalue weighted by Gasteiger charge is 2.06. The van der Waals surface area contributed by atoms with Gasteiger partial charge in [0.15, 0.2) is 0 Å². The molecule has 1 heterocycles. The highest BCUT2D eigenvalue weighted by Crippen LogP contribution is 2.21. The van der Waals surface area contributed by atoms with Crippen molar-refractivity contribution in [2.75, 3.05) is 6.54 Å². The second-order valence-electron chi connectivity index (χ2n) is 5.37. The Hall–Kier alpha value is -1.94. The summed E-state index contributed by atoms with van der Waals surface area (Å²) < 4.78 is 5.76. The molecule has 0 saturated heterocycles. The van der Waals surface area contributed by atoms with E-state index in [0.717, 1.165) is 36.5 Å².